The summed E-state index contributed by atoms with van der Waals surface area (Å²) in [7, 11) is 0. The van der Waals surface area contributed by atoms with E-state index in [4.69, 9.17) is 4.74 Å². The normalized spacial score (nSPS) is 13.5. The van der Waals surface area contributed by atoms with Crippen molar-refractivity contribution in [3.63, 3.8) is 0 Å². The van der Waals surface area contributed by atoms with Crippen LogP contribution in [0.3, 0.4) is 0 Å². The molecular formula is C11H13F3O3. The number of rotatable bonds is 5. The van der Waals surface area contributed by atoms with Crippen LogP contribution in [-0.2, 0) is 4.74 Å². The predicted molar refractivity (Wildman–Crippen MR) is 54.6 cm³/mol. The first-order valence-electron chi connectivity index (χ1n) is 4.94. The smallest absolute Gasteiger partial charge is 0.411 e. The number of halogens is 3. The van der Waals surface area contributed by atoms with Crippen LogP contribution < -0.4 is 4.74 Å². The molecule has 0 amide bonds. The van der Waals surface area contributed by atoms with Crippen LogP contribution in [0, 0.1) is 0 Å². The van der Waals surface area contributed by atoms with Gasteiger partial charge in [0.25, 0.3) is 0 Å². The van der Waals surface area contributed by atoms with Gasteiger partial charge in [0.1, 0.15) is 12.4 Å². The van der Waals surface area contributed by atoms with E-state index in [0.29, 0.717) is 11.3 Å². The van der Waals surface area contributed by atoms with Crippen LogP contribution in [0.15, 0.2) is 24.3 Å². The van der Waals surface area contributed by atoms with Crippen molar-refractivity contribution in [2.75, 3.05) is 13.4 Å². The maximum atomic E-state index is 11.7. The molecule has 1 aromatic carbocycles. The van der Waals surface area contributed by atoms with Crippen LogP contribution in [-0.4, -0.2) is 24.7 Å². The van der Waals surface area contributed by atoms with Crippen LogP contribution in [0.5, 0.6) is 5.75 Å². The number of benzene rings is 1. The highest BCUT2D eigenvalue weighted by Gasteiger charge is 2.27. The van der Waals surface area contributed by atoms with Crippen LogP contribution in [0.2, 0.25) is 0 Å². The Labute approximate surface area is 96.8 Å². The maximum absolute atomic E-state index is 11.7. The van der Waals surface area contributed by atoms with Crippen molar-refractivity contribution in [3.05, 3.63) is 29.8 Å². The molecule has 0 spiro atoms. The van der Waals surface area contributed by atoms with E-state index < -0.39 is 25.7 Å². The topological polar surface area (TPSA) is 38.7 Å². The van der Waals surface area contributed by atoms with E-state index in [0.717, 1.165) is 0 Å². The summed E-state index contributed by atoms with van der Waals surface area (Å²) in [4.78, 5) is 0. The standard InChI is InChI=1S/C11H13F3O3/c1-8(15)9-3-2-4-10(5-9)17-7-16-6-11(12,13)14/h2-5,8,15H,6-7H2,1H3/t8-/m0/s1. The Bertz CT molecular complexity index is 350. The number of hydrogen-bond acceptors (Lipinski definition) is 3. The number of aliphatic hydroxyl groups is 1. The molecule has 96 valence electrons. The first-order chi connectivity index (χ1) is 7.88. The molecule has 0 radical (unpaired) electrons. The van der Waals surface area contributed by atoms with Gasteiger partial charge in [-0.2, -0.15) is 13.2 Å². The molecule has 1 atom stereocenters. The van der Waals surface area contributed by atoms with Crippen molar-refractivity contribution in [1.82, 2.24) is 0 Å². The summed E-state index contributed by atoms with van der Waals surface area (Å²) in [6, 6.07) is 6.44. The van der Waals surface area contributed by atoms with Gasteiger partial charge in [0.05, 0.1) is 6.10 Å². The van der Waals surface area contributed by atoms with Crippen molar-refractivity contribution in [3.8, 4) is 5.75 Å². The lowest BCUT2D eigenvalue weighted by atomic mass is 10.1. The molecule has 17 heavy (non-hydrogen) atoms. The Hall–Kier alpha value is -1.27. The zero-order valence-corrected chi connectivity index (χ0v) is 9.20. The van der Waals surface area contributed by atoms with Gasteiger partial charge in [-0.3, -0.25) is 0 Å². The largest absolute Gasteiger partial charge is 0.468 e. The Morgan fingerprint density at radius 2 is 2.06 bits per heavy atom. The maximum Gasteiger partial charge on any atom is 0.411 e. The van der Waals surface area contributed by atoms with E-state index in [2.05, 4.69) is 4.74 Å². The lowest BCUT2D eigenvalue weighted by molar-refractivity contribution is -0.186. The van der Waals surface area contributed by atoms with Gasteiger partial charge >= 0.3 is 6.18 Å². The highest BCUT2D eigenvalue weighted by molar-refractivity contribution is 5.29. The van der Waals surface area contributed by atoms with Crippen LogP contribution in [0.1, 0.15) is 18.6 Å². The summed E-state index contributed by atoms with van der Waals surface area (Å²) < 4.78 is 44.5. The number of alkyl halides is 3. The van der Waals surface area contributed by atoms with Gasteiger partial charge in [0.2, 0.25) is 0 Å². The van der Waals surface area contributed by atoms with Gasteiger partial charge in [0, 0.05) is 0 Å². The van der Waals surface area contributed by atoms with Gasteiger partial charge in [0.15, 0.2) is 6.79 Å². The Morgan fingerprint density at radius 3 is 2.65 bits per heavy atom. The molecule has 0 saturated carbocycles. The zero-order valence-electron chi connectivity index (χ0n) is 9.20. The average molecular weight is 250 g/mol. The van der Waals surface area contributed by atoms with E-state index >= 15 is 0 Å². The van der Waals surface area contributed by atoms with E-state index in [1.165, 1.54) is 0 Å². The van der Waals surface area contributed by atoms with Crippen molar-refractivity contribution < 1.29 is 27.8 Å². The molecule has 0 aromatic heterocycles. The molecule has 0 aliphatic heterocycles. The Morgan fingerprint density at radius 1 is 1.35 bits per heavy atom. The summed E-state index contributed by atoms with van der Waals surface area (Å²) in [5, 5.41) is 9.29. The second-order valence-corrected chi connectivity index (χ2v) is 3.47. The minimum Gasteiger partial charge on any atom is -0.468 e. The second-order valence-electron chi connectivity index (χ2n) is 3.47. The summed E-state index contributed by atoms with van der Waals surface area (Å²) in [5.41, 5.74) is 0.623. The summed E-state index contributed by atoms with van der Waals surface area (Å²) in [6.45, 7) is -0.245. The summed E-state index contributed by atoms with van der Waals surface area (Å²) in [6.07, 6.45) is -5.01. The lowest BCUT2D eigenvalue weighted by Gasteiger charge is -2.11. The molecule has 1 rings (SSSR count). The minimum absolute atomic E-state index is 0.352. The molecule has 0 heterocycles. The summed E-state index contributed by atoms with van der Waals surface area (Å²) >= 11 is 0. The zero-order chi connectivity index (χ0) is 12.9. The molecule has 1 aromatic rings. The van der Waals surface area contributed by atoms with E-state index in [9.17, 15) is 18.3 Å². The molecule has 3 nitrogen and oxygen atoms in total. The molecule has 0 bridgehead atoms. The second kappa shape index (κ2) is 5.88. The summed E-state index contributed by atoms with van der Waals surface area (Å²) in [5.74, 6) is 0.352. The lowest BCUT2D eigenvalue weighted by Crippen LogP contribution is -2.19. The van der Waals surface area contributed by atoms with Crippen molar-refractivity contribution in [2.45, 2.75) is 19.2 Å². The Kier molecular flexibility index (Phi) is 4.77. The first kappa shape index (κ1) is 13.8. The Balaban J connectivity index is 2.39. The fourth-order valence-corrected chi connectivity index (χ4v) is 1.13. The van der Waals surface area contributed by atoms with Gasteiger partial charge in [-0.05, 0) is 24.6 Å². The van der Waals surface area contributed by atoms with Gasteiger partial charge < -0.3 is 14.6 Å². The molecule has 0 unspecified atom stereocenters. The third-order valence-electron chi connectivity index (χ3n) is 1.92. The van der Waals surface area contributed by atoms with Gasteiger partial charge in [-0.1, -0.05) is 12.1 Å². The van der Waals surface area contributed by atoms with E-state index in [1.54, 1.807) is 31.2 Å². The monoisotopic (exact) mass is 250 g/mol. The van der Waals surface area contributed by atoms with Crippen LogP contribution >= 0.6 is 0 Å². The third-order valence-corrected chi connectivity index (χ3v) is 1.92. The number of ether oxygens (including phenoxy) is 2. The SMILES string of the molecule is C[C@H](O)c1cccc(OCOCC(F)(F)F)c1. The predicted octanol–water partition coefficient (Wildman–Crippen LogP) is 2.66. The number of hydrogen-bond donors (Lipinski definition) is 1. The van der Waals surface area contributed by atoms with Crippen molar-refractivity contribution in [2.24, 2.45) is 0 Å². The molecule has 0 saturated heterocycles. The van der Waals surface area contributed by atoms with Crippen LogP contribution in [0.25, 0.3) is 0 Å². The first-order valence-corrected chi connectivity index (χ1v) is 4.94. The molecular weight excluding hydrogens is 237 g/mol. The molecule has 0 fully saturated rings. The van der Waals surface area contributed by atoms with Gasteiger partial charge in [-0.25, -0.2) is 0 Å². The fraction of sp³-hybridized carbons (Fsp3) is 0.455. The van der Waals surface area contributed by atoms with Crippen LogP contribution in [0.4, 0.5) is 13.2 Å². The number of aliphatic hydroxyl groups excluding tert-OH is 1. The average Bonchev–Trinajstić information content (AvgIpc) is 2.23. The molecule has 1 N–H and O–H groups in total. The fourth-order valence-electron chi connectivity index (χ4n) is 1.13. The van der Waals surface area contributed by atoms with Crippen molar-refractivity contribution >= 4 is 0 Å². The quantitative estimate of drug-likeness (QED) is 0.645. The van der Waals surface area contributed by atoms with Crippen molar-refractivity contribution in [1.29, 1.82) is 0 Å². The third kappa shape index (κ3) is 5.55. The highest BCUT2D eigenvalue weighted by Crippen LogP contribution is 2.19. The minimum atomic E-state index is -4.36. The highest BCUT2D eigenvalue weighted by atomic mass is 19.4. The van der Waals surface area contributed by atoms with E-state index in [-0.39, 0.29) is 0 Å². The molecule has 0 aliphatic carbocycles. The van der Waals surface area contributed by atoms with Gasteiger partial charge in [-0.15, -0.1) is 0 Å². The van der Waals surface area contributed by atoms with E-state index in [1.807, 2.05) is 0 Å². The molecule has 0 aliphatic rings. The molecule has 6 heteroatoms.